The number of rotatable bonds is 3. The molecule has 1 amide bonds. The highest BCUT2D eigenvalue weighted by Crippen LogP contribution is 2.30. The second kappa shape index (κ2) is 7.42. The van der Waals surface area contributed by atoms with E-state index in [4.69, 9.17) is 0 Å². The third kappa shape index (κ3) is 3.57. The van der Waals surface area contributed by atoms with E-state index < -0.39 is 11.4 Å². The van der Waals surface area contributed by atoms with Crippen LogP contribution in [0.15, 0.2) is 41.1 Å². The third-order valence-electron chi connectivity index (χ3n) is 3.97. The van der Waals surface area contributed by atoms with Gasteiger partial charge in [0.2, 0.25) is 0 Å². The molecule has 0 saturated carbocycles. The van der Waals surface area contributed by atoms with Crippen LogP contribution in [0.5, 0.6) is 0 Å². The summed E-state index contributed by atoms with van der Waals surface area (Å²) in [5.74, 6) is -0.698. The molecule has 1 aliphatic heterocycles. The molecule has 0 unspecified atom stereocenters. The van der Waals surface area contributed by atoms with Gasteiger partial charge >= 0.3 is 0 Å². The van der Waals surface area contributed by atoms with Crippen molar-refractivity contribution in [3.63, 3.8) is 0 Å². The van der Waals surface area contributed by atoms with Crippen LogP contribution in [0, 0.1) is 5.82 Å². The zero-order valence-electron chi connectivity index (χ0n) is 12.3. The molecule has 0 radical (unpaired) electrons. The number of carbonyl (C=O) groups is 1. The average Bonchev–Trinajstić information content (AvgIpc) is 3.06. The van der Waals surface area contributed by atoms with Gasteiger partial charge in [-0.25, -0.2) is 4.39 Å². The molecule has 1 aliphatic rings. The van der Waals surface area contributed by atoms with Gasteiger partial charge in [-0.15, -0.1) is 12.4 Å². The number of hydrogen-bond acceptors (Lipinski definition) is 3. The molecule has 0 spiro atoms. The molecule has 1 saturated heterocycles. The lowest BCUT2D eigenvalue weighted by Crippen LogP contribution is -2.52. The molecular weight excluding hydrogens is 387 g/mol. The molecule has 2 heterocycles. The van der Waals surface area contributed by atoms with Gasteiger partial charge in [-0.1, -0.05) is 15.9 Å². The molecule has 2 N–H and O–H groups in total. The van der Waals surface area contributed by atoms with Crippen LogP contribution in [-0.4, -0.2) is 28.8 Å². The fraction of sp³-hybridized carbons (Fsp3) is 0.333. The second-order valence-corrected chi connectivity index (χ2v) is 6.23. The monoisotopic (exact) mass is 402 g/mol. The van der Waals surface area contributed by atoms with Crippen molar-refractivity contribution in [1.82, 2.24) is 15.1 Å². The van der Waals surface area contributed by atoms with E-state index in [0.717, 1.165) is 0 Å². The zero-order chi connectivity index (χ0) is 15.6. The van der Waals surface area contributed by atoms with Gasteiger partial charge in [0.1, 0.15) is 11.4 Å². The van der Waals surface area contributed by atoms with Gasteiger partial charge in [0, 0.05) is 16.9 Å². The van der Waals surface area contributed by atoms with Crippen LogP contribution >= 0.6 is 28.3 Å². The largest absolute Gasteiger partial charge is 0.321 e. The standard InChI is InChI=1S/C15H16BrFN4O.ClH/c16-11-2-3-12(17)13(10-11)20-14(22)15(4-7-18-8-5-15)21-9-1-6-19-21;/h1-3,6,9-10,18H,4-5,7-8H2,(H,20,22);1H. The van der Waals surface area contributed by atoms with Gasteiger partial charge < -0.3 is 10.6 Å². The molecule has 23 heavy (non-hydrogen) atoms. The number of anilines is 1. The first-order valence-electron chi connectivity index (χ1n) is 7.09. The summed E-state index contributed by atoms with van der Waals surface area (Å²) in [6, 6.07) is 6.27. The molecule has 1 aromatic heterocycles. The Morgan fingerprint density at radius 2 is 2.13 bits per heavy atom. The Hall–Kier alpha value is -1.44. The zero-order valence-corrected chi connectivity index (χ0v) is 14.7. The summed E-state index contributed by atoms with van der Waals surface area (Å²) < 4.78 is 16.3. The van der Waals surface area contributed by atoms with Crippen LogP contribution in [0.25, 0.3) is 0 Å². The minimum atomic E-state index is -0.788. The van der Waals surface area contributed by atoms with E-state index in [-0.39, 0.29) is 24.0 Å². The maximum Gasteiger partial charge on any atom is 0.252 e. The highest BCUT2D eigenvalue weighted by Gasteiger charge is 2.42. The van der Waals surface area contributed by atoms with E-state index in [1.165, 1.54) is 6.07 Å². The van der Waals surface area contributed by atoms with Crippen molar-refractivity contribution in [2.75, 3.05) is 18.4 Å². The smallest absolute Gasteiger partial charge is 0.252 e. The minimum absolute atomic E-state index is 0. The number of carbonyl (C=O) groups excluding carboxylic acids is 1. The van der Waals surface area contributed by atoms with Crippen molar-refractivity contribution in [2.24, 2.45) is 0 Å². The van der Waals surface area contributed by atoms with Gasteiger partial charge in [0.25, 0.3) is 5.91 Å². The molecule has 3 rings (SSSR count). The number of nitrogens with zero attached hydrogens (tertiary/aromatic N) is 2. The lowest BCUT2D eigenvalue weighted by Gasteiger charge is -2.36. The Bertz CT molecular complexity index is 674. The third-order valence-corrected chi connectivity index (χ3v) is 4.47. The molecular formula is C15H17BrClFN4O. The van der Waals surface area contributed by atoms with Crippen molar-refractivity contribution in [1.29, 1.82) is 0 Å². The summed E-state index contributed by atoms with van der Waals surface area (Å²) in [6.45, 7) is 1.43. The quantitative estimate of drug-likeness (QED) is 0.828. The van der Waals surface area contributed by atoms with Crippen LogP contribution in [-0.2, 0) is 10.3 Å². The van der Waals surface area contributed by atoms with Crippen molar-refractivity contribution in [2.45, 2.75) is 18.4 Å². The maximum atomic E-state index is 13.9. The van der Waals surface area contributed by atoms with Crippen LogP contribution in [0.4, 0.5) is 10.1 Å². The van der Waals surface area contributed by atoms with Gasteiger partial charge in [0.15, 0.2) is 0 Å². The van der Waals surface area contributed by atoms with E-state index in [0.29, 0.717) is 30.4 Å². The Morgan fingerprint density at radius 3 is 2.78 bits per heavy atom. The van der Waals surface area contributed by atoms with Crippen LogP contribution in [0.3, 0.4) is 0 Å². The van der Waals surface area contributed by atoms with E-state index in [2.05, 4.69) is 31.7 Å². The predicted molar refractivity (Wildman–Crippen MR) is 92.3 cm³/mol. The number of halogens is 3. The van der Waals surface area contributed by atoms with Crippen LogP contribution in [0.2, 0.25) is 0 Å². The molecule has 0 atom stereocenters. The van der Waals surface area contributed by atoms with E-state index >= 15 is 0 Å². The minimum Gasteiger partial charge on any atom is -0.321 e. The Morgan fingerprint density at radius 1 is 1.39 bits per heavy atom. The van der Waals surface area contributed by atoms with Gasteiger partial charge in [-0.05, 0) is 50.2 Å². The molecule has 124 valence electrons. The van der Waals surface area contributed by atoms with E-state index in [9.17, 15) is 9.18 Å². The fourth-order valence-corrected chi connectivity index (χ4v) is 3.12. The van der Waals surface area contributed by atoms with Gasteiger partial charge in [-0.3, -0.25) is 9.48 Å². The highest BCUT2D eigenvalue weighted by atomic mass is 79.9. The molecule has 0 aliphatic carbocycles. The summed E-state index contributed by atoms with van der Waals surface area (Å²) >= 11 is 3.29. The molecule has 0 bridgehead atoms. The summed E-state index contributed by atoms with van der Waals surface area (Å²) in [5.41, 5.74) is -0.617. The lowest BCUT2D eigenvalue weighted by molar-refractivity contribution is -0.126. The number of hydrogen-bond donors (Lipinski definition) is 2. The van der Waals surface area contributed by atoms with Gasteiger partial charge in [-0.2, -0.15) is 5.10 Å². The van der Waals surface area contributed by atoms with Crippen LogP contribution < -0.4 is 10.6 Å². The molecule has 5 nitrogen and oxygen atoms in total. The highest BCUT2D eigenvalue weighted by molar-refractivity contribution is 9.10. The number of aromatic nitrogens is 2. The number of piperidine rings is 1. The predicted octanol–water partition coefficient (Wildman–Crippen LogP) is 2.92. The first-order valence-corrected chi connectivity index (χ1v) is 7.88. The van der Waals surface area contributed by atoms with E-state index in [1.54, 1.807) is 35.3 Å². The summed E-state index contributed by atoms with van der Waals surface area (Å²) in [7, 11) is 0. The first-order chi connectivity index (χ1) is 10.6. The van der Waals surface area contributed by atoms with E-state index in [1.807, 2.05) is 0 Å². The van der Waals surface area contributed by atoms with Crippen molar-refractivity contribution in [3.05, 3.63) is 46.9 Å². The summed E-state index contributed by atoms with van der Waals surface area (Å²) in [6.07, 6.45) is 4.64. The SMILES string of the molecule is Cl.O=C(Nc1cc(Br)ccc1F)C1(n2cccn2)CCNCC1. The first kappa shape index (κ1) is 17.9. The summed E-state index contributed by atoms with van der Waals surface area (Å²) in [4.78, 5) is 12.9. The normalized spacial score (nSPS) is 16.4. The molecule has 2 aromatic rings. The van der Waals surface area contributed by atoms with Crippen molar-refractivity contribution >= 4 is 39.9 Å². The number of nitrogens with one attached hydrogen (secondary N) is 2. The second-order valence-electron chi connectivity index (χ2n) is 5.31. The number of amides is 1. The molecule has 1 fully saturated rings. The van der Waals surface area contributed by atoms with Gasteiger partial charge in [0.05, 0.1) is 5.69 Å². The average molecular weight is 404 g/mol. The Balaban J connectivity index is 0.00000192. The summed E-state index contributed by atoms with van der Waals surface area (Å²) in [5, 5.41) is 10.2. The van der Waals surface area contributed by atoms with Crippen LogP contribution in [0.1, 0.15) is 12.8 Å². The van der Waals surface area contributed by atoms with Crippen molar-refractivity contribution in [3.8, 4) is 0 Å². The fourth-order valence-electron chi connectivity index (χ4n) is 2.75. The molecule has 8 heteroatoms. The van der Waals surface area contributed by atoms with Crippen molar-refractivity contribution < 1.29 is 9.18 Å². The Kier molecular flexibility index (Phi) is 5.78. The molecule has 1 aromatic carbocycles. The Labute approximate surface area is 148 Å². The number of benzene rings is 1. The maximum absolute atomic E-state index is 13.9. The topological polar surface area (TPSA) is 59.0 Å². The lowest BCUT2D eigenvalue weighted by atomic mass is 9.87.